The van der Waals surface area contributed by atoms with Crippen molar-refractivity contribution in [3.63, 3.8) is 0 Å². The molecule has 0 aliphatic carbocycles. The van der Waals surface area contributed by atoms with Crippen molar-refractivity contribution in [2.24, 2.45) is 0 Å². The molecule has 0 N–H and O–H groups in total. The predicted molar refractivity (Wildman–Crippen MR) is 56.3 cm³/mol. The summed E-state index contributed by atoms with van der Waals surface area (Å²) in [6, 6.07) is 0. The first-order valence-electron chi connectivity index (χ1n) is 5.27. The molecule has 5 nitrogen and oxygen atoms in total. The van der Waals surface area contributed by atoms with Gasteiger partial charge in [-0.15, -0.1) is 0 Å². The van der Waals surface area contributed by atoms with Crippen LogP contribution in [0.25, 0.3) is 0 Å². The number of epoxide rings is 1. The van der Waals surface area contributed by atoms with Crippen LogP contribution in [0.2, 0.25) is 0 Å². The highest BCUT2D eigenvalue weighted by Crippen LogP contribution is 2.47. The summed E-state index contributed by atoms with van der Waals surface area (Å²) in [7, 11) is -2.92. The van der Waals surface area contributed by atoms with E-state index in [1.165, 1.54) is 0 Å². The van der Waals surface area contributed by atoms with Crippen molar-refractivity contribution in [3.05, 3.63) is 0 Å². The second kappa shape index (κ2) is 6.61. The summed E-state index contributed by atoms with van der Waals surface area (Å²) in [6.07, 6.45) is 0.546. The molecule has 1 atom stereocenters. The molecule has 0 saturated carbocycles. The van der Waals surface area contributed by atoms with Gasteiger partial charge in [-0.2, -0.15) is 0 Å². The Morgan fingerprint density at radius 2 is 1.93 bits per heavy atom. The molecule has 0 spiro atoms. The average Bonchev–Trinajstić information content (AvgIpc) is 2.97. The van der Waals surface area contributed by atoms with Crippen LogP contribution in [0.1, 0.15) is 13.8 Å². The van der Waals surface area contributed by atoms with Gasteiger partial charge in [-0.25, -0.2) is 0 Å². The molecule has 1 heterocycles. The van der Waals surface area contributed by atoms with E-state index in [-0.39, 0.29) is 6.10 Å². The van der Waals surface area contributed by atoms with E-state index in [1.807, 2.05) is 0 Å². The lowest BCUT2D eigenvalue weighted by atomic mass is 10.5. The fraction of sp³-hybridized carbons (Fsp3) is 1.00. The Hall–Kier alpha value is 0.0700. The Bertz CT molecular complexity index is 207. The molecule has 15 heavy (non-hydrogen) atoms. The Kier molecular flexibility index (Phi) is 5.79. The van der Waals surface area contributed by atoms with Gasteiger partial charge < -0.3 is 18.5 Å². The van der Waals surface area contributed by atoms with Gasteiger partial charge in [-0.1, -0.05) is 0 Å². The maximum Gasteiger partial charge on any atom is 0.332 e. The van der Waals surface area contributed by atoms with Crippen LogP contribution in [0.15, 0.2) is 0 Å². The molecule has 1 aliphatic heterocycles. The fourth-order valence-corrected chi connectivity index (χ4v) is 2.59. The third-order valence-corrected chi connectivity index (χ3v) is 3.90. The smallest absolute Gasteiger partial charge is 0.332 e. The van der Waals surface area contributed by atoms with Crippen molar-refractivity contribution in [3.8, 4) is 0 Å². The second-order valence-corrected chi connectivity index (χ2v) is 5.39. The Morgan fingerprint density at radius 1 is 1.33 bits per heavy atom. The number of hydrogen-bond donors (Lipinski definition) is 0. The van der Waals surface area contributed by atoms with Crippen LogP contribution in [-0.2, 0) is 23.1 Å². The highest BCUT2D eigenvalue weighted by atomic mass is 31.2. The van der Waals surface area contributed by atoms with Gasteiger partial charge in [0.15, 0.2) is 0 Å². The number of hydrogen-bond acceptors (Lipinski definition) is 5. The largest absolute Gasteiger partial charge is 0.378 e. The van der Waals surface area contributed by atoms with Gasteiger partial charge in [0, 0.05) is 0 Å². The topological polar surface area (TPSA) is 57.3 Å². The second-order valence-electron chi connectivity index (χ2n) is 3.20. The van der Waals surface area contributed by atoms with Crippen LogP contribution in [0.5, 0.6) is 0 Å². The Labute approximate surface area is 90.6 Å². The summed E-state index contributed by atoms with van der Waals surface area (Å²) in [5.74, 6) is 0. The minimum Gasteiger partial charge on any atom is -0.378 e. The molecule has 1 fully saturated rings. The van der Waals surface area contributed by atoms with E-state index in [9.17, 15) is 4.57 Å². The zero-order valence-corrected chi connectivity index (χ0v) is 10.2. The molecular weight excluding hydrogens is 219 g/mol. The van der Waals surface area contributed by atoms with Crippen LogP contribution in [0.3, 0.4) is 0 Å². The van der Waals surface area contributed by atoms with E-state index < -0.39 is 7.60 Å². The first kappa shape index (κ1) is 13.1. The van der Waals surface area contributed by atoms with E-state index in [0.717, 1.165) is 6.61 Å². The lowest BCUT2D eigenvalue weighted by Crippen LogP contribution is -2.09. The van der Waals surface area contributed by atoms with Crippen LogP contribution < -0.4 is 0 Å². The maximum atomic E-state index is 11.9. The summed E-state index contributed by atoms with van der Waals surface area (Å²) >= 11 is 0. The molecule has 1 saturated heterocycles. The minimum atomic E-state index is -2.92. The summed E-state index contributed by atoms with van der Waals surface area (Å²) in [5, 5.41) is 0. The molecule has 0 aromatic carbocycles. The zero-order chi connectivity index (χ0) is 11.1. The standard InChI is InChI=1S/C9H19O5P/c1-3-13-15(10,14-4-2)6-5-11-7-9-8-12-9/h9H,3-8H2,1-2H3. The van der Waals surface area contributed by atoms with Crippen molar-refractivity contribution < 1.29 is 23.1 Å². The third kappa shape index (κ3) is 5.64. The Balaban J connectivity index is 2.14. The highest BCUT2D eigenvalue weighted by Gasteiger charge is 2.25. The molecule has 0 radical (unpaired) electrons. The number of rotatable bonds is 9. The van der Waals surface area contributed by atoms with Gasteiger partial charge >= 0.3 is 7.60 Å². The van der Waals surface area contributed by atoms with Crippen molar-refractivity contribution in [2.75, 3.05) is 39.2 Å². The van der Waals surface area contributed by atoms with Gasteiger partial charge in [0.1, 0.15) is 6.10 Å². The molecule has 0 bridgehead atoms. The first-order valence-corrected chi connectivity index (χ1v) is 7.00. The summed E-state index contributed by atoms with van der Waals surface area (Å²) in [4.78, 5) is 0. The SMILES string of the molecule is CCOP(=O)(CCOCC1CO1)OCC. The van der Waals surface area contributed by atoms with Crippen molar-refractivity contribution in [1.29, 1.82) is 0 Å². The van der Waals surface area contributed by atoms with Gasteiger partial charge in [0.2, 0.25) is 0 Å². The summed E-state index contributed by atoms with van der Waals surface area (Å²) in [6.45, 7) is 6.10. The van der Waals surface area contributed by atoms with Gasteiger partial charge in [-0.3, -0.25) is 4.57 Å². The molecule has 6 heteroatoms. The lowest BCUT2D eigenvalue weighted by Gasteiger charge is -2.16. The monoisotopic (exact) mass is 238 g/mol. The van der Waals surface area contributed by atoms with Gasteiger partial charge in [0.05, 0.1) is 39.2 Å². The van der Waals surface area contributed by atoms with E-state index in [2.05, 4.69) is 0 Å². The molecule has 0 amide bonds. The van der Waals surface area contributed by atoms with Gasteiger partial charge in [-0.05, 0) is 13.8 Å². The van der Waals surface area contributed by atoms with Crippen molar-refractivity contribution >= 4 is 7.60 Å². The fourth-order valence-electron chi connectivity index (χ4n) is 1.12. The summed E-state index contributed by atoms with van der Waals surface area (Å²) in [5.41, 5.74) is 0. The van der Waals surface area contributed by atoms with Crippen LogP contribution in [-0.4, -0.2) is 45.3 Å². The first-order chi connectivity index (χ1) is 7.20. The normalized spacial score (nSPS) is 20.5. The number of ether oxygens (including phenoxy) is 2. The van der Waals surface area contributed by atoms with E-state index >= 15 is 0 Å². The molecule has 1 aliphatic rings. The minimum absolute atomic E-state index is 0.239. The van der Waals surface area contributed by atoms with E-state index in [4.69, 9.17) is 18.5 Å². The van der Waals surface area contributed by atoms with Crippen LogP contribution in [0, 0.1) is 0 Å². The van der Waals surface area contributed by atoms with Gasteiger partial charge in [0.25, 0.3) is 0 Å². The quantitative estimate of drug-likeness (QED) is 0.347. The predicted octanol–water partition coefficient (Wildman–Crippen LogP) is 1.67. The molecule has 0 aromatic rings. The van der Waals surface area contributed by atoms with Crippen LogP contribution in [0.4, 0.5) is 0 Å². The summed E-state index contributed by atoms with van der Waals surface area (Å²) < 4.78 is 32.4. The van der Waals surface area contributed by atoms with E-state index in [1.54, 1.807) is 13.8 Å². The highest BCUT2D eigenvalue weighted by molar-refractivity contribution is 7.53. The van der Waals surface area contributed by atoms with E-state index in [0.29, 0.717) is 32.6 Å². The average molecular weight is 238 g/mol. The molecule has 90 valence electrons. The molecule has 0 aromatic heterocycles. The molecular formula is C9H19O5P. The third-order valence-electron chi connectivity index (χ3n) is 1.87. The Morgan fingerprint density at radius 3 is 2.40 bits per heavy atom. The maximum absolute atomic E-state index is 11.9. The zero-order valence-electron chi connectivity index (χ0n) is 9.31. The van der Waals surface area contributed by atoms with Crippen LogP contribution >= 0.6 is 7.60 Å². The van der Waals surface area contributed by atoms with Crippen molar-refractivity contribution in [2.45, 2.75) is 20.0 Å². The molecule has 1 rings (SSSR count). The lowest BCUT2D eigenvalue weighted by molar-refractivity contribution is 0.122. The van der Waals surface area contributed by atoms with Crippen molar-refractivity contribution in [1.82, 2.24) is 0 Å². The molecule has 1 unspecified atom stereocenters.